The molecule has 0 radical (unpaired) electrons. The third-order valence-corrected chi connectivity index (χ3v) is 4.83. The van der Waals surface area contributed by atoms with Crippen molar-refractivity contribution in [3.05, 3.63) is 64.7 Å². The van der Waals surface area contributed by atoms with Crippen molar-refractivity contribution in [3.8, 4) is 5.75 Å². The average molecular weight is 336 g/mol. The quantitative estimate of drug-likeness (QED) is 0.807. The van der Waals surface area contributed by atoms with E-state index < -0.39 is 0 Å². The third kappa shape index (κ3) is 2.96. The van der Waals surface area contributed by atoms with Gasteiger partial charge in [0.05, 0.1) is 6.61 Å². The third-order valence-electron chi connectivity index (χ3n) is 4.59. The molecule has 22 heavy (non-hydrogen) atoms. The molecule has 4 heteroatoms. The molecule has 2 aromatic rings. The fourth-order valence-electron chi connectivity index (χ4n) is 3.59. The standard InChI is InChI=1S/C18H18ClNO.ClH/c19-15-6-7-16-17-11-20(9-13-4-2-1-3-5-13)10-14(17)12-21-18(16)8-15;/h1-8,14,17H,9-12H2;1H/t14-,17+;/m1./s1. The molecular weight excluding hydrogens is 317 g/mol. The lowest BCUT2D eigenvalue weighted by atomic mass is 9.87. The van der Waals surface area contributed by atoms with E-state index in [1.165, 1.54) is 11.1 Å². The molecule has 0 aromatic heterocycles. The number of benzene rings is 2. The number of hydrogen-bond donors (Lipinski definition) is 0. The van der Waals surface area contributed by atoms with Gasteiger partial charge in [0, 0.05) is 36.5 Å². The molecule has 2 aliphatic rings. The fourth-order valence-corrected chi connectivity index (χ4v) is 3.75. The Morgan fingerprint density at radius 3 is 2.73 bits per heavy atom. The smallest absolute Gasteiger partial charge is 0.124 e. The van der Waals surface area contributed by atoms with E-state index in [1.54, 1.807) is 0 Å². The van der Waals surface area contributed by atoms with Crippen LogP contribution in [0.4, 0.5) is 0 Å². The van der Waals surface area contributed by atoms with E-state index in [0.29, 0.717) is 11.8 Å². The summed E-state index contributed by atoms with van der Waals surface area (Å²) in [5.41, 5.74) is 2.71. The molecule has 2 heterocycles. The number of nitrogens with zero attached hydrogens (tertiary/aromatic N) is 1. The molecule has 0 N–H and O–H groups in total. The SMILES string of the molecule is Cl.Clc1ccc2c(c1)OC[C@H]1CN(Cc3ccccc3)C[C@H]21. The van der Waals surface area contributed by atoms with Gasteiger partial charge in [0.1, 0.15) is 5.75 Å². The van der Waals surface area contributed by atoms with Gasteiger partial charge in [-0.2, -0.15) is 0 Å². The van der Waals surface area contributed by atoms with Crippen LogP contribution in [0, 0.1) is 5.92 Å². The van der Waals surface area contributed by atoms with Crippen molar-refractivity contribution in [1.29, 1.82) is 0 Å². The van der Waals surface area contributed by atoms with E-state index in [-0.39, 0.29) is 12.4 Å². The molecule has 2 atom stereocenters. The van der Waals surface area contributed by atoms with Crippen LogP contribution in [0.2, 0.25) is 5.02 Å². The van der Waals surface area contributed by atoms with Crippen molar-refractivity contribution in [3.63, 3.8) is 0 Å². The lowest BCUT2D eigenvalue weighted by molar-refractivity contribution is 0.212. The minimum atomic E-state index is 0. The first-order valence-electron chi connectivity index (χ1n) is 7.48. The van der Waals surface area contributed by atoms with Gasteiger partial charge in [-0.1, -0.05) is 48.0 Å². The summed E-state index contributed by atoms with van der Waals surface area (Å²) in [5.74, 6) is 2.16. The van der Waals surface area contributed by atoms with Crippen LogP contribution in [0.5, 0.6) is 5.75 Å². The van der Waals surface area contributed by atoms with Gasteiger partial charge in [0.15, 0.2) is 0 Å². The summed E-state index contributed by atoms with van der Waals surface area (Å²) >= 11 is 6.07. The molecule has 0 saturated carbocycles. The molecule has 4 rings (SSSR count). The normalized spacial score (nSPS) is 23.1. The zero-order valence-electron chi connectivity index (χ0n) is 12.2. The molecular formula is C18H19Cl2NO. The van der Waals surface area contributed by atoms with Crippen LogP contribution >= 0.6 is 24.0 Å². The van der Waals surface area contributed by atoms with Gasteiger partial charge >= 0.3 is 0 Å². The van der Waals surface area contributed by atoms with Gasteiger partial charge in [0.2, 0.25) is 0 Å². The number of likely N-dealkylation sites (tertiary alicyclic amines) is 1. The van der Waals surface area contributed by atoms with Crippen molar-refractivity contribution in [2.75, 3.05) is 19.7 Å². The maximum atomic E-state index is 6.07. The molecule has 1 saturated heterocycles. The first-order chi connectivity index (χ1) is 10.3. The summed E-state index contributed by atoms with van der Waals surface area (Å²) in [5, 5.41) is 0.756. The number of halogens is 2. The Bertz CT molecular complexity index is 647. The Morgan fingerprint density at radius 2 is 1.91 bits per heavy atom. The minimum Gasteiger partial charge on any atom is -0.493 e. The predicted octanol–water partition coefficient (Wildman–Crippen LogP) is 4.37. The summed E-state index contributed by atoms with van der Waals surface area (Å²) in [6, 6.07) is 16.8. The van der Waals surface area contributed by atoms with Crippen molar-refractivity contribution < 1.29 is 4.74 Å². The van der Waals surface area contributed by atoms with Gasteiger partial charge < -0.3 is 4.74 Å². The van der Waals surface area contributed by atoms with Crippen molar-refractivity contribution >= 4 is 24.0 Å². The van der Waals surface area contributed by atoms with Gasteiger partial charge in [0.25, 0.3) is 0 Å². The molecule has 116 valence electrons. The first kappa shape index (κ1) is 15.7. The lowest BCUT2D eigenvalue weighted by Crippen LogP contribution is -2.25. The Hall–Kier alpha value is -1.22. The van der Waals surface area contributed by atoms with Crippen LogP contribution in [-0.4, -0.2) is 24.6 Å². The summed E-state index contributed by atoms with van der Waals surface area (Å²) in [7, 11) is 0. The van der Waals surface area contributed by atoms with E-state index in [4.69, 9.17) is 16.3 Å². The van der Waals surface area contributed by atoms with Gasteiger partial charge in [-0.3, -0.25) is 4.90 Å². The topological polar surface area (TPSA) is 12.5 Å². The van der Waals surface area contributed by atoms with E-state index in [2.05, 4.69) is 41.3 Å². The van der Waals surface area contributed by atoms with Crippen LogP contribution < -0.4 is 4.74 Å². The van der Waals surface area contributed by atoms with E-state index >= 15 is 0 Å². The molecule has 2 aromatic carbocycles. The summed E-state index contributed by atoms with van der Waals surface area (Å²) in [6.07, 6.45) is 0. The summed E-state index contributed by atoms with van der Waals surface area (Å²) < 4.78 is 5.91. The summed E-state index contributed by atoms with van der Waals surface area (Å²) in [6.45, 7) is 4.05. The maximum Gasteiger partial charge on any atom is 0.124 e. The maximum absolute atomic E-state index is 6.07. The highest BCUT2D eigenvalue weighted by atomic mass is 35.5. The molecule has 0 bridgehead atoms. The molecule has 2 nitrogen and oxygen atoms in total. The lowest BCUT2D eigenvalue weighted by Gasteiger charge is -2.27. The number of rotatable bonds is 2. The van der Waals surface area contributed by atoms with Crippen molar-refractivity contribution in [1.82, 2.24) is 4.90 Å². The zero-order valence-corrected chi connectivity index (χ0v) is 13.8. The molecule has 2 aliphatic heterocycles. The largest absolute Gasteiger partial charge is 0.493 e. The number of ether oxygens (including phenoxy) is 1. The Labute approximate surface area is 142 Å². The minimum absolute atomic E-state index is 0. The summed E-state index contributed by atoms with van der Waals surface area (Å²) in [4.78, 5) is 2.54. The molecule has 0 unspecified atom stereocenters. The highest BCUT2D eigenvalue weighted by molar-refractivity contribution is 6.30. The number of fused-ring (bicyclic) bond motifs is 3. The second-order valence-corrected chi connectivity index (χ2v) is 6.48. The number of hydrogen-bond acceptors (Lipinski definition) is 2. The zero-order chi connectivity index (χ0) is 14.2. The average Bonchev–Trinajstić information content (AvgIpc) is 2.90. The highest BCUT2D eigenvalue weighted by Gasteiger charge is 2.38. The fraction of sp³-hybridized carbons (Fsp3) is 0.333. The Balaban J connectivity index is 0.00000144. The van der Waals surface area contributed by atoms with E-state index in [1.807, 2.05) is 12.1 Å². The second-order valence-electron chi connectivity index (χ2n) is 6.04. The highest BCUT2D eigenvalue weighted by Crippen LogP contribution is 2.42. The van der Waals surface area contributed by atoms with Crippen LogP contribution in [0.1, 0.15) is 17.0 Å². The molecule has 0 amide bonds. The molecule has 0 spiro atoms. The van der Waals surface area contributed by atoms with Crippen molar-refractivity contribution in [2.24, 2.45) is 5.92 Å². The van der Waals surface area contributed by atoms with Gasteiger partial charge in [-0.25, -0.2) is 0 Å². The van der Waals surface area contributed by atoms with Crippen LogP contribution in [0.15, 0.2) is 48.5 Å². The first-order valence-corrected chi connectivity index (χ1v) is 7.86. The van der Waals surface area contributed by atoms with Gasteiger partial charge in [-0.15, -0.1) is 12.4 Å². The Morgan fingerprint density at radius 1 is 1.09 bits per heavy atom. The monoisotopic (exact) mass is 335 g/mol. The van der Waals surface area contributed by atoms with Crippen molar-refractivity contribution in [2.45, 2.75) is 12.5 Å². The van der Waals surface area contributed by atoms with Gasteiger partial charge in [-0.05, 0) is 23.3 Å². The predicted molar refractivity (Wildman–Crippen MR) is 92.1 cm³/mol. The second kappa shape index (κ2) is 6.49. The van der Waals surface area contributed by atoms with Crippen LogP contribution in [-0.2, 0) is 6.54 Å². The van der Waals surface area contributed by atoms with E-state index in [0.717, 1.165) is 37.0 Å². The van der Waals surface area contributed by atoms with Crippen LogP contribution in [0.25, 0.3) is 0 Å². The molecule has 0 aliphatic carbocycles. The van der Waals surface area contributed by atoms with E-state index in [9.17, 15) is 0 Å². The Kier molecular flexibility index (Phi) is 4.62. The van der Waals surface area contributed by atoms with Crippen LogP contribution in [0.3, 0.4) is 0 Å². The molecule has 1 fully saturated rings.